The summed E-state index contributed by atoms with van der Waals surface area (Å²) in [5, 5.41) is 4.31. The number of hydrogen-bond donors (Lipinski definition) is 0. The minimum absolute atomic E-state index is 0.0647. The number of anilines is 2. The number of fused-ring (bicyclic) bond motifs is 1. The molecule has 3 aromatic rings. The second-order valence-corrected chi connectivity index (χ2v) is 9.30. The fourth-order valence-corrected chi connectivity index (χ4v) is 4.87. The van der Waals surface area contributed by atoms with E-state index >= 15 is 0 Å². The molecule has 0 radical (unpaired) electrons. The van der Waals surface area contributed by atoms with Gasteiger partial charge in [-0.15, -0.1) is 0 Å². The van der Waals surface area contributed by atoms with Crippen molar-refractivity contribution in [2.24, 2.45) is 0 Å². The molecule has 2 aromatic heterocycles. The molecule has 0 unspecified atom stereocenters. The quantitative estimate of drug-likeness (QED) is 0.583. The van der Waals surface area contributed by atoms with E-state index < -0.39 is 5.54 Å². The lowest BCUT2D eigenvalue weighted by molar-refractivity contribution is 0.0744. The minimum Gasteiger partial charge on any atom is -0.367 e. The Kier molecular flexibility index (Phi) is 5.12. The van der Waals surface area contributed by atoms with E-state index in [0.29, 0.717) is 48.1 Å². The SMILES string of the molecule is Cc1oncc1C(=O)N1CCN(c2cncc(N3C(=O)c4ccc(Cl)cc4C3(C)C)c2)CC1. The largest absolute Gasteiger partial charge is 0.367 e. The molecule has 1 fully saturated rings. The van der Waals surface area contributed by atoms with E-state index in [9.17, 15) is 9.59 Å². The first kappa shape index (κ1) is 21.5. The molecule has 1 saturated heterocycles. The third-order valence-electron chi connectivity index (χ3n) is 6.51. The van der Waals surface area contributed by atoms with Crippen molar-refractivity contribution in [2.75, 3.05) is 36.0 Å². The number of rotatable bonds is 3. The Hall–Kier alpha value is -3.39. The van der Waals surface area contributed by atoms with E-state index in [4.69, 9.17) is 16.1 Å². The van der Waals surface area contributed by atoms with Crippen LogP contribution in [0, 0.1) is 6.92 Å². The summed E-state index contributed by atoms with van der Waals surface area (Å²) in [5.41, 5.74) is 3.15. The highest BCUT2D eigenvalue weighted by Crippen LogP contribution is 2.43. The van der Waals surface area contributed by atoms with Gasteiger partial charge in [0.25, 0.3) is 11.8 Å². The Bertz CT molecular complexity index is 1250. The molecule has 33 heavy (non-hydrogen) atoms. The van der Waals surface area contributed by atoms with Gasteiger partial charge in [0.1, 0.15) is 11.3 Å². The number of hydrogen-bond acceptors (Lipinski definition) is 6. The molecule has 0 atom stereocenters. The van der Waals surface area contributed by atoms with Gasteiger partial charge < -0.3 is 14.3 Å². The van der Waals surface area contributed by atoms with Gasteiger partial charge in [-0.25, -0.2) is 0 Å². The van der Waals surface area contributed by atoms with Crippen molar-refractivity contribution < 1.29 is 14.1 Å². The van der Waals surface area contributed by atoms with Crippen LogP contribution in [0.2, 0.25) is 5.02 Å². The fraction of sp³-hybridized carbons (Fsp3) is 0.333. The number of piperazine rings is 1. The Balaban J connectivity index is 1.35. The molecule has 0 bridgehead atoms. The van der Waals surface area contributed by atoms with Crippen LogP contribution in [0.4, 0.5) is 11.4 Å². The van der Waals surface area contributed by atoms with Gasteiger partial charge in [0, 0.05) is 36.8 Å². The Morgan fingerprint density at radius 2 is 1.79 bits per heavy atom. The number of nitrogens with zero attached hydrogens (tertiary/aromatic N) is 5. The monoisotopic (exact) mass is 465 g/mol. The average Bonchev–Trinajstić information content (AvgIpc) is 3.32. The highest BCUT2D eigenvalue weighted by molar-refractivity contribution is 6.31. The summed E-state index contributed by atoms with van der Waals surface area (Å²) in [4.78, 5) is 36.2. The molecule has 0 N–H and O–H groups in total. The van der Waals surface area contributed by atoms with Gasteiger partial charge in [-0.05, 0) is 50.6 Å². The van der Waals surface area contributed by atoms with Gasteiger partial charge in [0.2, 0.25) is 0 Å². The number of carbonyl (C=O) groups excluding carboxylic acids is 2. The zero-order valence-electron chi connectivity index (χ0n) is 18.7. The molecule has 0 aliphatic carbocycles. The van der Waals surface area contributed by atoms with Crippen LogP contribution in [-0.4, -0.2) is 53.0 Å². The van der Waals surface area contributed by atoms with E-state index in [0.717, 1.165) is 16.9 Å². The van der Waals surface area contributed by atoms with Gasteiger partial charge in [0.05, 0.1) is 35.5 Å². The summed E-state index contributed by atoms with van der Waals surface area (Å²) in [7, 11) is 0. The number of pyridine rings is 1. The highest BCUT2D eigenvalue weighted by Gasteiger charge is 2.44. The molecule has 5 rings (SSSR count). The Morgan fingerprint density at radius 1 is 1.06 bits per heavy atom. The molecule has 0 saturated carbocycles. The fourth-order valence-electron chi connectivity index (χ4n) is 4.70. The molecule has 170 valence electrons. The Labute approximate surface area is 196 Å². The molecule has 2 amide bonds. The topological polar surface area (TPSA) is 82.8 Å². The van der Waals surface area contributed by atoms with Gasteiger partial charge in [0.15, 0.2) is 0 Å². The number of halogens is 1. The van der Waals surface area contributed by atoms with Gasteiger partial charge >= 0.3 is 0 Å². The first-order valence-corrected chi connectivity index (χ1v) is 11.2. The third-order valence-corrected chi connectivity index (χ3v) is 6.75. The lowest BCUT2D eigenvalue weighted by Gasteiger charge is -2.37. The number of benzene rings is 1. The van der Waals surface area contributed by atoms with Crippen molar-refractivity contribution in [3.63, 3.8) is 0 Å². The normalized spacial score (nSPS) is 17.5. The smallest absolute Gasteiger partial charge is 0.259 e. The van der Waals surface area contributed by atoms with Crippen LogP contribution in [0.15, 0.2) is 47.4 Å². The summed E-state index contributed by atoms with van der Waals surface area (Å²) < 4.78 is 5.03. The van der Waals surface area contributed by atoms with Crippen molar-refractivity contribution in [2.45, 2.75) is 26.3 Å². The number of carbonyl (C=O) groups is 2. The summed E-state index contributed by atoms with van der Waals surface area (Å²) in [6, 6.07) is 7.38. The van der Waals surface area contributed by atoms with Crippen LogP contribution in [0.1, 0.15) is 45.9 Å². The molecular formula is C24H24ClN5O3. The lowest BCUT2D eigenvalue weighted by Crippen LogP contribution is -2.49. The molecule has 2 aliphatic rings. The first-order chi connectivity index (χ1) is 15.8. The maximum atomic E-state index is 13.3. The lowest BCUT2D eigenvalue weighted by atomic mass is 9.93. The van der Waals surface area contributed by atoms with E-state index in [1.165, 1.54) is 6.20 Å². The van der Waals surface area contributed by atoms with Crippen molar-refractivity contribution in [3.8, 4) is 0 Å². The summed E-state index contributed by atoms with van der Waals surface area (Å²) >= 11 is 6.21. The zero-order chi connectivity index (χ0) is 23.3. The van der Waals surface area contributed by atoms with Crippen LogP contribution >= 0.6 is 11.6 Å². The van der Waals surface area contributed by atoms with E-state index in [2.05, 4.69) is 15.0 Å². The second-order valence-electron chi connectivity index (χ2n) is 8.87. The molecule has 0 spiro atoms. The van der Waals surface area contributed by atoms with Gasteiger partial charge in [-0.1, -0.05) is 16.8 Å². The van der Waals surface area contributed by atoms with Gasteiger partial charge in [-0.3, -0.25) is 19.5 Å². The second kappa shape index (κ2) is 7.88. The molecular weight excluding hydrogens is 442 g/mol. The highest BCUT2D eigenvalue weighted by atomic mass is 35.5. The summed E-state index contributed by atoms with van der Waals surface area (Å²) in [5.74, 6) is 0.394. The molecule has 4 heterocycles. The predicted molar refractivity (Wildman–Crippen MR) is 125 cm³/mol. The van der Waals surface area contributed by atoms with Crippen molar-refractivity contribution in [1.82, 2.24) is 15.0 Å². The van der Waals surface area contributed by atoms with Crippen LogP contribution < -0.4 is 9.80 Å². The zero-order valence-corrected chi connectivity index (χ0v) is 19.5. The first-order valence-electron chi connectivity index (χ1n) is 10.8. The summed E-state index contributed by atoms with van der Waals surface area (Å²) in [6.07, 6.45) is 4.98. The van der Waals surface area contributed by atoms with Crippen molar-refractivity contribution in [3.05, 3.63) is 70.3 Å². The van der Waals surface area contributed by atoms with Gasteiger partial charge in [-0.2, -0.15) is 0 Å². The standard InChI is InChI=1S/C24H24ClN5O3/c1-15-20(14-27-33-15)22(31)29-8-6-28(7-9-29)17-11-18(13-26-12-17)30-23(32)19-5-4-16(25)10-21(19)24(30,2)3/h4-5,10-14H,6-9H2,1-3H3. The summed E-state index contributed by atoms with van der Waals surface area (Å²) in [6.45, 7) is 8.23. The van der Waals surface area contributed by atoms with Crippen LogP contribution in [0.3, 0.4) is 0 Å². The average molecular weight is 466 g/mol. The number of amides is 2. The minimum atomic E-state index is -0.556. The van der Waals surface area contributed by atoms with Crippen LogP contribution in [0.25, 0.3) is 0 Å². The van der Waals surface area contributed by atoms with E-state index in [1.54, 1.807) is 41.2 Å². The molecule has 2 aliphatic heterocycles. The van der Waals surface area contributed by atoms with Crippen LogP contribution in [0.5, 0.6) is 0 Å². The Morgan fingerprint density at radius 3 is 2.48 bits per heavy atom. The van der Waals surface area contributed by atoms with E-state index in [-0.39, 0.29) is 11.8 Å². The third kappa shape index (κ3) is 3.54. The van der Waals surface area contributed by atoms with E-state index in [1.807, 2.05) is 26.0 Å². The maximum absolute atomic E-state index is 13.3. The van der Waals surface area contributed by atoms with Crippen molar-refractivity contribution >= 4 is 34.8 Å². The molecule has 1 aromatic carbocycles. The number of aryl methyl sites for hydroxylation is 1. The van der Waals surface area contributed by atoms with Crippen LogP contribution in [-0.2, 0) is 5.54 Å². The predicted octanol–water partition coefficient (Wildman–Crippen LogP) is 3.89. The molecule has 9 heteroatoms. The number of aromatic nitrogens is 2. The molecule has 8 nitrogen and oxygen atoms in total. The van der Waals surface area contributed by atoms with Crippen molar-refractivity contribution in [1.29, 1.82) is 0 Å². The maximum Gasteiger partial charge on any atom is 0.259 e.